The first-order valence-corrected chi connectivity index (χ1v) is 41.0. The Morgan fingerprint density at radius 1 is 0.185 bits per heavy atom. The van der Waals surface area contributed by atoms with Crippen LogP contribution in [0.4, 0.5) is 45.5 Å². The van der Waals surface area contributed by atoms with Crippen LogP contribution in [0.3, 0.4) is 0 Å². The molecule has 0 unspecified atom stereocenters. The maximum absolute atomic E-state index is 2.37. The van der Waals surface area contributed by atoms with Crippen molar-refractivity contribution in [1.29, 1.82) is 0 Å². The van der Waals surface area contributed by atoms with Crippen molar-refractivity contribution >= 4 is 133 Å². The van der Waals surface area contributed by atoms with Gasteiger partial charge in [0.05, 0.1) is 44.1 Å². The summed E-state index contributed by atoms with van der Waals surface area (Å²) in [4.78, 5) is 8.95. The van der Waals surface area contributed by atoms with E-state index in [9.17, 15) is 0 Å². The highest BCUT2D eigenvalue weighted by molar-refractivity contribution is 6.12. The number of benzene rings is 17. The molecule has 0 bridgehead atoms. The average Bonchev–Trinajstić information content (AvgIpc) is 1.58. The van der Waals surface area contributed by atoms with Gasteiger partial charge in [-0.15, -0.1) is 0 Å². The maximum Gasteiger partial charge on any atom is 0.0541 e. The first kappa shape index (κ1) is 75.5. The number of hydrogen-bond acceptors (Lipinski definition) is 4. The standard InChI is InChI=1S/C31H24N2.C29H28N2.C26H22N2.C25H20N2/c1-32(25-20-18-24(19-21-25)23-10-3-2-4-11-23)26-12-9-13-27(22-26)33-30-16-7-5-14-28(30)29-15-6-8-17-31(29)33;1-29(2,3)21-16-18-22(19-17-21)30(4)23-10-9-11-24(20-23)31-27-14-7-5-12-25(27)26-13-6-8-15-28(26)31;1-19-14-16-20(17-15-19)27(2)21-8-7-9-22(18-21)28-25-12-5-3-10-23(25)24-11-4-6-13-26(24)28;1-26(19-10-3-2-4-11-19)20-12-9-13-21(18-20)27-24-16-7-5-14-22(24)23-15-6-8-17-25(23)27/h2-22H,1H3;5-20H,1-4H3;3-18H,1-2H3;2-18H,1H3. The molecule has 0 N–H and O–H groups in total. The minimum absolute atomic E-state index is 0.160. The fourth-order valence-corrected chi connectivity index (χ4v) is 16.9. The number of aryl methyl sites for hydroxylation is 1. The lowest BCUT2D eigenvalue weighted by Crippen LogP contribution is -2.13. The molecule has 8 nitrogen and oxygen atoms in total. The van der Waals surface area contributed by atoms with Gasteiger partial charge in [0.2, 0.25) is 0 Å². The van der Waals surface area contributed by atoms with Crippen LogP contribution in [0.1, 0.15) is 31.9 Å². The molecule has 0 aliphatic rings. The highest BCUT2D eigenvalue weighted by Crippen LogP contribution is 2.41. The number of para-hydroxylation sites is 9. The van der Waals surface area contributed by atoms with Gasteiger partial charge in [0.1, 0.15) is 0 Å². The molecule has 0 saturated heterocycles. The third-order valence-corrected chi connectivity index (χ3v) is 23.3. The zero-order valence-electron chi connectivity index (χ0n) is 68.5. The van der Waals surface area contributed by atoms with Crippen molar-refractivity contribution in [3.63, 3.8) is 0 Å². The summed E-state index contributed by atoms with van der Waals surface area (Å²) in [5, 5.41) is 10.3. The molecular formula is C111H94N8. The van der Waals surface area contributed by atoms with E-state index in [1.165, 1.54) is 161 Å². The minimum atomic E-state index is 0.160. The SMILES string of the molecule is CN(c1ccc(-c2ccccc2)cc1)c1cccc(-n2c3ccccc3c3ccccc32)c1.CN(c1ccc(C(C)(C)C)cc1)c1cccc(-n2c3ccccc3c3ccccc32)c1.CN(c1ccccc1)c1cccc(-n2c3ccccc3c3ccccc32)c1.Cc1ccc(N(C)c2cccc(-n3c4ccccc4c4ccccc43)c2)cc1. The molecule has 578 valence electrons. The van der Waals surface area contributed by atoms with Crippen molar-refractivity contribution in [3.05, 3.63) is 436 Å². The van der Waals surface area contributed by atoms with Crippen LogP contribution in [0.5, 0.6) is 0 Å². The van der Waals surface area contributed by atoms with E-state index in [1.807, 2.05) is 6.07 Å². The highest BCUT2D eigenvalue weighted by atomic mass is 15.1. The normalized spacial score (nSPS) is 11.4. The Bertz CT molecular complexity index is 6950. The zero-order chi connectivity index (χ0) is 81.1. The van der Waals surface area contributed by atoms with Crippen LogP contribution in [0.2, 0.25) is 0 Å². The summed E-state index contributed by atoms with van der Waals surface area (Å²) < 4.78 is 9.44. The van der Waals surface area contributed by atoms with Crippen LogP contribution >= 0.6 is 0 Å². The Labute approximate surface area is 697 Å². The fraction of sp³-hybridized carbons (Fsp3) is 0.0811. The number of rotatable bonds is 13. The van der Waals surface area contributed by atoms with Crippen molar-refractivity contribution in [1.82, 2.24) is 18.3 Å². The lowest BCUT2D eigenvalue weighted by molar-refractivity contribution is 0.590. The van der Waals surface area contributed by atoms with E-state index in [-0.39, 0.29) is 5.41 Å². The first-order chi connectivity index (χ1) is 58.3. The van der Waals surface area contributed by atoms with Crippen molar-refractivity contribution in [2.24, 2.45) is 0 Å². The molecule has 0 saturated carbocycles. The summed E-state index contributed by atoms with van der Waals surface area (Å²) in [5.74, 6) is 0. The quantitative estimate of drug-likeness (QED) is 0.115. The molecule has 0 fully saturated rings. The zero-order valence-corrected chi connectivity index (χ0v) is 68.5. The largest absolute Gasteiger partial charge is 0.345 e. The van der Waals surface area contributed by atoms with Gasteiger partial charge in [0.15, 0.2) is 0 Å². The third-order valence-electron chi connectivity index (χ3n) is 23.3. The van der Waals surface area contributed by atoms with Crippen LogP contribution < -0.4 is 19.6 Å². The Kier molecular flexibility index (Phi) is 20.8. The number of aromatic nitrogens is 4. The number of anilines is 8. The van der Waals surface area contributed by atoms with E-state index < -0.39 is 0 Å². The maximum atomic E-state index is 2.37. The van der Waals surface area contributed by atoms with Crippen LogP contribution in [-0.4, -0.2) is 46.5 Å². The molecule has 0 radical (unpaired) electrons. The van der Waals surface area contributed by atoms with Crippen LogP contribution in [0.15, 0.2) is 425 Å². The number of nitrogens with zero attached hydrogens (tertiary/aromatic N) is 8. The van der Waals surface area contributed by atoms with E-state index in [4.69, 9.17) is 0 Å². The van der Waals surface area contributed by atoms with Crippen molar-refractivity contribution in [3.8, 4) is 33.9 Å². The van der Waals surface area contributed by atoms with Crippen LogP contribution in [-0.2, 0) is 5.41 Å². The predicted molar refractivity (Wildman–Crippen MR) is 510 cm³/mol. The average molecular weight is 1540 g/mol. The molecule has 0 aliphatic carbocycles. The summed E-state index contributed by atoms with van der Waals surface area (Å²) in [6.45, 7) is 8.87. The molecule has 21 aromatic rings. The Morgan fingerprint density at radius 2 is 0.387 bits per heavy atom. The molecule has 0 atom stereocenters. The second-order valence-corrected chi connectivity index (χ2v) is 31.7. The van der Waals surface area contributed by atoms with Crippen molar-refractivity contribution in [2.45, 2.75) is 33.1 Å². The van der Waals surface area contributed by atoms with Gasteiger partial charge in [-0.1, -0.05) is 281 Å². The first-order valence-electron chi connectivity index (χ1n) is 41.0. The monoisotopic (exact) mass is 1540 g/mol. The molecule has 8 heteroatoms. The molecule has 119 heavy (non-hydrogen) atoms. The van der Waals surface area contributed by atoms with Gasteiger partial charge in [-0.2, -0.15) is 0 Å². The molecule has 4 aromatic heterocycles. The van der Waals surface area contributed by atoms with Crippen molar-refractivity contribution in [2.75, 3.05) is 47.8 Å². The molecule has 21 rings (SSSR count). The van der Waals surface area contributed by atoms with E-state index in [2.05, 4.69) is 512 Å². The Morgan fingerprint density at radius 3 is 0.647 bits per heavy atom. The fourth-order valence-electron chi connectivity index (χ4n) is 16.9. The van der Waals surface area contributed by atoms with E-state index in [0.717, 1.165) is 17.1 Å². The smallest absolute Gasteiger partial charge is 0.0541 e. The lowest BCUT2D eigenvalue weighted by Gasteiger charge is -2.23. The molecule has 4 heterocycles. The highest BCUT2D eigenvalue weighted by Gasteiger charge is 2.20. The summed E-state index contributed by atoms with van der Waals surface area (Å²) in [5.41, 5.74) is 29.2. The van der Waals surface area contributed by atoms with Gasteiger partial charge in [0, 0.05) is 140 Å². The molecule has 0 amide bonds. The second-order valence-electron chi connectivity index (χ2n) is 31.7. The van der Waals surface area contributed by atoms with Gasteiger partial charge in [-0.05, 0) is 199 Å². The molecule has 0 spiro atoms. The third kappa shape index (κ3) is 15.0. The topological polar surface area (TPSA) is 32.7 Å². The molecular weight excluding hydrogens is 1450 g/mol. The van der Waals surface area contributed by atoms with E-state index in [0.29, 0.717) is 0 Å². The van der Waals surface area contributed by atoms with Gasteiger partial charge < -0.3 is 37.9 Å². The molecule has 0 aliphatic heterocycles. The second kappa shape index (κ2) is 32.8. The van der Waals surface area contributed by atoms with E-state index in [1.54, 1.807) is 0 Å². The summed E-state index contributed by atoms with van der Waals surface area (Å²) in [7, 11) is 8.50. The number of hydrogen-bond donors (Lipinski definition) is 0. The summed E-state index contributed by atoms with van der Waals surface area (Å²) in [6, 6.07) is 151. The van der Waals surface area contributed by atoms with Crippen LogP contribution in [0, 0.1) is 6.92 Å². The Hall–Kier alpha value is -14.9. The van der Waals surface area contributed by atoms with Gasteiger partial charge in [0.25, 0.3) is 0 Å². The van der Waals surface area contributed by atoms with Crippen LogP contribution in [0.25, 0.3) is 121 Å². The van der Waals surface area contributed by atoms with Gasteiger partial charge >= 0.3 is 0 Å². The summed E-state index contributed by atoms with van der Waals surface area (Å²) >= 11 is 0. The minimum Gasteiger partial charge on any atom is -0.345 e. The molecule has 17 aromatic carbocycles. The van der Waals surface area contributed by atoms with Gasteiger partial charge in [-0.25, -0.2) is 0 Å². The predicted octanol–water partition coefficient (Wildman–Crippen LogP) is 29.5. The summed E-state index contributed by atoms with van der Waals surface area (Å²) in [6.07, 6.45) is 0. The van der Waals surface area contributed by atoms with E-state index >= 15 is 0 Å². The Balaban J connectivity index is 0.000000109. The number of fused-ring (bicyclic) bond motifs is 12. The van der Waals surface area contributed by atoms with Gasteiger partial charge in [-0.3, -0.25) is 0 Å². The van der Waals surface area contributed by atoms with Crippen molar-refractivity contribution < 1.29 is 0 Å². The lowest BCUT2D eigenvalue weighted by atomic mass is 9.87.